The standard InChI is InChI=1S/C7H7ClFN/c1-5(9)6-2-3-7(8)10-4-6/h2-5H,1H3. The van der Waals surface area contributed by atoms with Crippen LogP contribution in [0.3, 0.4) is 0 Å². The van der Waals surface area contributed by atoms with Crippen molar-refractivity contribution in [2.45, 2.75) is 13.1 Å². The third kappa shape index (κ3) is 1.67. The Morgan fingerprint density at radius 2 is 2.30 bits per heavy atom. The van der Waals surface area contributed by atoms with Gasteiger partial charge in [-0.05, 0) is 13.0 Å². The van der Waals surface area contributed by atoms with Gasteiger partial charge in [-0.2, -0.15) is 0 Å². The van der Waals surface area contributed by atoms with Crippen molar-refractivity contribution in [2.75, 3.05) is 0 Å². The first-order chi connectivity index (χ1) is 4.70. The van der Waals surface area contributed by atoms with Crippen LogP contribution in [0.4, 0.5) is 4.39 Å². The van der Waals surface area contributed by atoms with Gasteiger partial charge in [-0.1, -0.05) is 17.7 Å². The van der Waals surface area contributed by atoms with E-state index in [4.69, 9.17) is 11.6 Å². The van der Waals surface area contributed by atoms with E-state index >= 15 is 0 Å². The molecule has 0 aliphatic rings. The molecule has 1 aromatic rings. The number of nitrogens with zero attached hydrogens (tertiary/aromatic N) is 1. The molecule has 3 heteroatoms. The van der Waals surface area contributed by atoms with Crippen LogP contribution in [-0.4, -0.2) is 4.98 Å². The zero-order chi connectivity index (χ0) is 7.56. The summed E-state index contributed by atoms with van der Waals surface area (Å²) in [6, 6.07) is 3.20. The molecule has 0 amide bonds. The third-order valence-corrected chi connectivity index (χ3v) is 1.43. The SMILES string of the molecule is CC(F)c1ccc(Cl)nc1. The second-order valence-electron chi connectivity index (χ2n) is 2.03. The van der Waals surface area contributed by atoms with Crippen molar-refractivity contribution >= 4 is 11.6 Å². The molecule has 0 saturated heterocycles. The quantitative estimate of drug-likeness (QED) is 0.575. The van der Waals surface area contributed by atoms with Gasteiger partial charge >= 0.3 is 0 Å². The van der Waals surface area contributed by atoms with Crippen molar-refractivity contribution in [3.63, 3.8) is 0 Å². The number of hydrogen-bond acceptors (Lipinski definition) is 1. The molecule has 1 nitrogen and oxygen atoms in total. The summed E-state index contributed by atoms with van der Waals surface area (Å²) < 4.78 is 12.5. The van der Waals surface area contributed by atoms with Crippen LogP contribution in [0, 0.1) is 0 Å². The Morgan fingerprint density at radius 1 is 1.60 bits per heavy atom. The van der Waals surface area contributed by atoms with Gasteiger partial charge in [0.1, 0.15) is 11.3 Å². The average Bonchev–Trinajstić information content (AvgIpc) is 1.88. The molecule has 1 unspecified atom stereocenters. The average molecular weight is 160 g/mol. The molecular formula is C7H7ClFN. The number of alkyl halides is 1. The van der Waals surface area contributed by atoms with Crippen LogP contribution >= 0.6 is 11.6 Å². The first kappa shape index (κ1) is 7.48. The molecule has 10 heavy (non-hydrogen) atoms. The monoisotopic (exact) mass is 159 g/mol. The molecule has 0 aromatic carbocycles. The molecule has 0 spiro atoms. The largest absolute Gasteiger partial charge is 0.244 e. The van der Waals surface area contributed by atoms with E-state index in [0.717, 1.165) is 0 Å². The highest BCUT2D eigenvalue weighted by atomic mass is 35.5. The molecule has 1 atom stereocenters. The maximum Gasteiger partial charge on any atom is 0.129 e. The Balaban J connectivity index is 2.89. The molecule has 0 aliphatic heterocycles. The Labute approximate surface area is 63.8 Å². The number of pyridine rings is 1. The Bertz CT molecular complexity index is 207. The fourth-order valence-electron chi connectivity index (χ4n) is 0.623. The van der Waals surface area contributed by atoms with Gasteiger partial charge in [0.15, 0.2) is 0 Å². The highest BCUT2D eigenvalue weighted by Crippen LogP contribution is 2.15. The molecule has 54 valence electrons. The van der Waals surface area contributed by atoms with Crippen LogP contribution in [0.5, 0.6) is 0 Å². The summed E-state index contributed by atoms with van der Waals surface area (Å²) in [6.45, 7) is 1.46. The minimum Gasteiger partial charge on any atom is -0.244 e. The zero-order valence-electron chi connectivity index (χ0n) is 5.51. The second kappa shape index (κ2) is 2.97. The lowest BCUT2D eigenvalue weighted by Gasteiger charge is -1.98. The van der Waals surface area contributed by atoms with Crippen LogP contribution in [0.15, 0.2) is 18.3 Å². The lowest BCUT2D eigenvalue weighted by molar-refractivity contribution is 0.373. The van der Waals surface area contributed by atoms with E-state index in [0.29, 0.717) is 10.7 Å². The zero-order valence-corrected chi connectivity index (χ0v) is 6.27. The summed E-state index contributed by atoms with van der Waals surface area (Å²) in [6.07, 6.45) is 0.470. The number of aromatic nitrogens is 1. The van der Waals surface area contributed by atoms with Gasteiger partial charge in [-0.25, -0.2) is 9.37 Å². The topological polar surface area (TPSA) is 12.9 Å². The first-order valence-electron chi connectivity index (χ1n) is 2.95. The third-order valence-electron chi connectivity index (χ3n) is 1.21. The number of hydrogen-bond donors (Lipinski definition) is 0. The first-order valence-corrected chi connectivity index (χ1v) is 3.33. The van der Waals surface area contributed by atoms with Crippen LogP contribution in [0.25, 0.3) is 0 Å². The number of rotatable bonds is 1. The van der Waals surface area contributed by atoms with E-state index < -0.39 is 6.17 Å². The predicted molar refractivity (Wildman–Crippen MR) is 38.8 cm³/mol. The van der Waals surface area contributed by atoms with E-state index in [1.54, 1.807) is 12.1 Å². The lowest BCUT2D eigenvalue weighted by atomic mass is 10.2. The van der Waals surface area contributed by atoms with Crippen molar-refractivity contribution in [1.29, 1.82) is 0 Å². The highest BCUT2D eigenvalue weighted by molar-refractivity contribution is 6.29. The highest BCUT2D eigenvalue weighted by Gasteiger charge is 2.00. The molecule has 0 radical (unpaired) electrons. The van der Waals surface area contributed by atoms with Gasteiger partial charge in [0.2, 0.25) is 0 Å². The van der Waals surface area contributed by atoms with Crippen LogP contribution in [0.2, 0.25) is 5.15 Å². The summed E-state index contributed by atoms with van der Waals surface area (Å²) >= 11 is 5.48. The minimum absolute atomic E-state index is 0.393. The van der Waals surface area contributed by atoms with Gasteiger partial charge in [0, 0.05) is 11.8 Å². The van der Waals surface area contributed by atoms with Gasteiger partial charge in [-0.15, -0.1) is 0 Å². The van der Waals surface area contributed by atoms with Gasteiger partial charge in [-0.3, -0.25) is 0 Å². The van der Waals surface area contributed by atoms with E-state index in [1.165, 1.54) is 13.1 Å². The van der Waals surface area contributed by atoms with Crippen molar-refractivity contribution in [2.24, 2.45) is 0 Å². The van der Waals surface area contributed by atoms with Gasteiger partial charge in [0.25, 0.3) is 0 Å². The summed E-state index contributed by atoms with van der Waals surface area (Å²) in [5.41, 5.74) is 0.560. The van der Waals surface area contributed by atoms with Crippen molar-refractivity contribution in [3.05, 3.63) is 29.0 Å². The normalized spacial score (nSPS) is 13.1. The Morgan fingerprint density at radius 3 is 2.70 bits per heavy atom. The summed E-state index contributed by atoms with van der Waals surface area (Å²) in [4.78, 5) is 3.73. The van der Waals surface area contributed by atoms with Crippen LogP contribution < -0.4 is 0 Å². The van der Waals surface area contributed by atoms with E-state index in [-0.39, 0.29) is 0 Å². The summed E-state index contributed by atoms with van der Waals surface area (Å²) in [7, 11) is 0. The molecule has 0 saturated carbocycles. The smallest absolute Gasteiger partial charge is 0.129 e. The fraction of sp³-hybridized carbons (Fsp3) is 0.286. The predicted octanol–water partition coefficient (Wildman–Crippen LogP) is 2.77. The lowest BCUT2D eigenvalue weighted by Crippen LogP contribution is -1.85. The minimum atomic E-state index is -0.968. The van der Waals surface area contributed by atoms with Crippen molar-refractivity contribution < 1.29 is 4.39 Å². The molecule has 0 fully saturated rings. The molecular weight excluding hydrogens is 153 g/mol. The summed E-state index contributed by atoms with van der Waals surface area (Å²) in [5.74, 6) is 0. The summed E-state index contributed by atoms with van der Waals surface area (Å²) in [5, 5.41) is 0.393. The molecule has 1 aromatic heterocycles. The van der Waals surface area contributed by atoms with Crippen LogP contribution in [-0.2, 0) is 0 Å². The Kier molecular flexibility index (Phi) is 2.22. The fourth-order valence-corrected chi connectivity index (χ4v) is 0.734. The molecule has 0 N–H and O–H groups in total. The maximum atomic E-state index is 12.5. The Hall–Kier alpha value is -0.630. The van der Waals surface area contributed by atoms with Gasteiger partial charge < -0.3 is 0 Å². The molecule has 0 aliphatic carbocycles. The maximum absolute atomic E-state index is 12.5. The molecule has 0 bridgehead atoms. The van der Waals surface area contributed by atoms with E-state index in [9.17, 15) is 4.39 Å². The van der Waals surface area contributed by atoms with Gasteiger partial charge in [0.05, 0.1) is 0 Å². The van der Waals surface area contributed by atoms with Crippen molar-refractivity contribution in [3.8, 4) is 0 Å². The number of halogens is 2. The van der Waals surface area contributed by atoms with E-state index in [1.807, 2.05) is 0 Å². The molecule has 1 heterocycles. The molecule has 1 rings (SSSR count). The van der Waals surface area contributed by atoms with Crippen molar-refractivity contribution in [1.82, 2.24) is 4.98 Å². The van der Waals surface area contributed by atoms with E-state index in [2.05, 4.69) is 4.98 Å². The van der Waals surface area contributed by atoms with Crippen LogP contribution in [0.1, 0.15) is 18.7 Å². The second-order valence-corrected chi connectivity index (χ2v) is 2.42.